The number of fused-ring (bicyclic) bond motifs is 1. The smallest absolute Gasteiger partial charge is 0.387 e. The third-order valence-electron chi connectivity index (χ3n) is 6.49. The zero-order chi connectivity index (χ0) is 26.5. The molecule has 11 heteroatoms. The Morgan fingerprint density at radius 1 is 1.11 bits per heavy atom. The van der Waals surface area contributed by atoms with E-state index in [4.69, 9.17) is 4.74 Å². The van der Waals surface area contributed by atoms with Gasteiger partial charge in [-0.2, -0.15) is 8.78 Å². The number of aryl methyl sites for hydroxylation is 1. The summed E-state index contributed by atoms with van der Waals surface area (Å²) in [4.78, 5) is 11.5. The van der Waals surface area contributed by atoms with Crippen LogP contribution in [0, 0.1) is 24.6 Å². The lowest BCUT2D eigenvalue weighted by molar-refractivity contribution is -0.139. The van der Waals surface area contributed by atoms with Gasteiger partial charge in [-0.3, -0.25) is 9.10 Å². The lowest BCUT2D eigenvalue weighted by Crippen LogP contribution is -2.45. The number of aliphatic carboxylic acids is 1. The van der Waals surface area contributed by atoms with Gasteiger partial charge in [0, 0.05) is 12.0 Å². The van der Waals surface area contributed by atoms with E-state index < -0.39 is 40.4 Å². The second kappa shape index (κ2) is 9.29. The number of anilines is 1. The van der Waals surface area contributed by atoms with Crippen molar-refractivity contribution in [1.82, 2.24) is 0 Å². The second-order valence-corrected chi connectivity index (χ2v) is 11.0. The highest BCUT2D eigenvalue weighted by Gasteiger charge is 2.52. The molecule has 7 nitrogen and oxygen atoms in total. The van der Waals surface area contributed by atoms with E-state index in [1.807, 2.05) is 0 Å². The van der Waals surface area contributed by atoms with E-state index in [0.29, 0.717) is 12.0 Å². The summed E-state index contributed by atoms with van der Waals surface area (Å²) in [6.07, 6.45) is -0.304. The molecule has 1 fully saturated rings. The summed E-state index contributed by atoms with van der Waals surface area (Å²) in [6, 6.07) is 14.1. The van der Waals surface area contributed by atoms with Gasteiger partial charge in [0.2, 0.25) is 0 Å². The maximum Gasteiger partial charge on any atom is 0.387 e. The summed E-state index contributed by atoms with van der Waals surface area (Å²) in [6.45, 7) is -1.50. The van der Waals surface area contributed by atoms with Crippen LogP contribution in [-0.2, 0) is 14.8 Å². The van der Waals surface area contributed by atoms with Crippen LogP contribution >= 0.6 is 0 Å². The van der Waals surface area contributed by atoms with Crippen LogP contribution in [0.2, 0.25) is 0 Å². The van der Waals surface area contributed by atoms with Gasteiger partial charge in [0.1, 0.15) is 23.4 Å². The predicted molar refractivity (Wildman–Crippen MR) is 128 cm³/mol. The number of carboxylic acids is 1. The monoisotopic (exact) mass is 533 g/mol. The molecule has 1 aliphatic carbocycles. The van der Waals surface area contributed by atoms with Crippen LogP contribution in [0.4, 0.5) is 18.9 Å². The molecule has 1 heterocycles. The molecule has 1 N–H and O–H groups in total. The molecule has 5 rings (SSSR count). The number of hydrogen-bond donors (Lipinski definition) is 1. The van der Waals surface area contributed by atoms with Gasteiger partial charge in [-0.25, -0.2) is 12.8 Å². The molecule has 1 saturated carbocycles. The van der Waals surface area contributed by atoms with Crippen LogP contribution in [0.5, 0.6) is 11.5 Å². The van der Waals surface area contributed by atoms with Gasteiger partial charge < -0.3 is 14.6 Å². The van der Waals surface area contributed by atoms with Gasteiger partial charge in [0.05, 0.1) is 23.0 Å². The lowest BCUT2D eigenvalue weighted by Gasteiger charge is -2.36. The van der Waals surface area contributed by atoms with E-state index in [2.05, 4.69) is 4.74 Å². The summed E-state index contributed by atoms with van der Waals surface area (Å²) in [5, 5.41) is 9.37. The van der Waals surface area contributed by atoms with E-state index in [9.17, 15) is 31.5 Å². The number of carboxylic acid groups (broad SMARTS) is 1. The quantitative estimate of drug-likeness (QED) is 0.456. The van der Waals surface area contributed by atoms with E-state index in [0.717, 1.165) is 17.7 Å². The normalized spacial score (nSPS) is 20.8. The van der Waals surface area contributed by atoms with Gasteiger partial charge in [-0.15, -0.1) is 0 Å². The molecule has 0 bridgehead atoms. The van der Waals surface area contributed by atoms with Crippen LogP contribution in [0.3, 0.4) is 0 Å². The van der Waals surface area contributed by atoms with Crippen molar-refractivity contribution in [3.05, 3.63) is 72.0 Å². The number of hydrogen-bond acceptors (Lipinski definition) is 5. The number of carbonyl (C=O) groups is 1. The fourth-order valence-corrected chi connectivity index (χ4v) is 6.20. The number of ether oxygens (including phenoxy) is 2. The summed E-state index contributed by atoms with van der Waals surface area (Å²) < 4.78 is 78.7. The molecular formula is C26H22F3NO6S. The molecule has 37 heavy (non-hydrogen) atoms. The van der Waals surface area contributed by atoms with Crippen molar-refractivity contribution in [2.45, 2.75) is 31.0 Å². The molecule has 0 spiro atoms. The predicted octanol–water partition coefficient (Wildman–Crippen LogP) is 5.08. The Morgan fingerprint density at radius 2 is 1.89 bits per heavy atom. The number of halogens is 3. The minimum Gasteiger partial charge on any atom is -0.486 e. The minimum absolute atomic E-state index is 0.0495. The first-order chi connectivity index (χ1) is 17.5. The van der Waals surface area contributed by atoms with Crippen LogP contribution in [0.15, 0.2) is 65.6 Å². The molecule has 3 aromatic carbocycles. The maximum absolute atomic E-state index is 14.2. The molecule has 1 aliphatic heterocycles. The first kappa shape index (κ1) is 24.9. The van der Waals surface area contributed by atoms with Crippen molar-refractivity contribution in [1.29, 1.82) is 0 Å². The second-order valence-electron chi connectivity index (χ2n) is 9.09. The Kier molecular flexibility index (Phi) is 6.26. The van der Waals surface area contributed by atoms with Crippen molar-refractivity contribution < 1.29 is 41.0 Å². The van der Waals surface area contributed by atoms with E-state index in [1.54, 1.807) is 25.1 Å². The number of rotatable bonds is 7. The molecule has 0 saturated heterocycles. The minimum atomic E-state index is -4.10. The van der Waals surface area contributed by atoms with Gasteiger partial charge in [-0.1, -0.05) is 18.2 Å². The molecule has 3 atom stereocenters. The van der Waals surface area contributed by atoms with Crippen LogP contribution in [-0.4, -0.2) is 38.8 Å². The van der Waals surface area contributed by atoms with E-state index in [-0.39, 0.29) is 40.1 Å². The largest absolute Gasteiger partial charge is 0.486 e. The van der Waals surface area contributed by atoms with E-state index in [1.165, 1.54) is 34.6 Å². The summed E-state index contributed by atoms with van der Waals surface area (Å²) in [5.74, 6) is -2.90. The third-order valence-corrected chi connectivity index (χ3v) is 8.27. The van der Waals surface area contributed by atoms with Crippen LogP contribution < -0.4 is 13.8 Å². The molecule has 2 aliphatic rings. The van der Waals surface area contributed by atoms with Crippen LogP contribution in [0.1, 0.15) is 12.0 Å². The summed E-state index contributed by atoms with van der Waals surface area (Å²) in [7, 11) is -4.10. The van der Waals surface area contributed by atoms with Gasteiger partial charge in [-0.05, 0) is 66.4 Å². The lowest BCUT2D eigenvalue weighted by atomic mass is 10.0. The molecule has 0 aromatic heterocycles. The summed E-state index contributed by atoms with van der Waals surface area (Å²) >= 11 is 0. The standard InChI is InChI=1S/C26H22F3NO6S/c1-14-3-2-4-19(7-14)37(33,34)30-13-24(20-12-21(20)25(31)32)36-23-6-5-15(10-22(23)30)16-8-17(27)11-18(9-16)35-26(28)29/h2-11,20-21,24,26H,12-13H2,1H3,(H,31,32)/t20-,21-,24-/m1/s1. The molecule has 0 unspecified atom stereocenters. The molecule has 0 amide bonds. The van der Waals surface area contributed by atoms with Gasteiger partial charge in [0.25, 0.3) is 10.0 Å². The highest BCUT2D eigenvalue weighted by atomic mass is 32.2. The fourth-order valence-electron chi connectivity index (χ4n) is 4.62. The van der Waals surface area contributed by atoms with Crippen molar-refractivity contribution in [2.75, 3.05) is 10.8 Å². The zero-order valence-corrected chi connectivity index (χ0v) is 20.3. The Balaban J connectivity index is 1.59. The maximum atomic E-state index is 14.2. The Labute approximate surface area is 211 Å². The van der Waals surface area contributed by atoms with Crippen LogP contribution in [0.25, 0.3) is 11.1 Å². The number of nitrogens with zero attached hydrogens (tertiary/aromatic N) is 1. The first-order valence-electron chi connectivity index (χ1n) is 11.4. The molecule has 194 valence electrons. The van der Waals surface area contributed by atoms with Gasteiger partial charge in [0.15, 0.2) is 0 Å². The Hall–Kier alpha value is -3.73. The summed E-state index contributed by atoms with van der Waals surface area (Å²) in [5.41, 5.74) is 1.45. The number of alkyl halides is 2. The number of benzene rings is 3. The van der Waals surface area contributed by atoms with Gasteiger partial charge >= 0.3 is 12.6 Å². The highest BCUT2D eigenvalue weighted by Crippen LogP contribution is 2.48. The number of sulfonamides is 1. The Morgan fingerprint density at radius 3 is 2.57 bits per heavy atom. The molecular weight excluding hydrogens is 511 g/mol. The SMILES string of the molecule is Cc1cccc(S(=O)(=O)N2C[C@H]([C@@H]3C[C@H]3C(=O)O)Oc3ccc(-c4cc(F)cc(OC(F)F)c4)cc32)c1. The Bertz CT molecular complexity index is 1480. The van der Waals surface area contributed by atoms with Crippen molar-refractivity contribution in [3.63, 3.8) is 0 Å². The van der Waals surface area contributed by atoms with Crippen molar-refractivity contribution in [2.24, 2.45) is 11.8 Å². The van der Waals surface area contributed by atoms with Crippen molar-refractivity contribution in [3.8, 4) is 22.6 Å². The topological polar surface area (TPSA) is 93.1 Å². The average molecular weight is 534 g/mol. The fraction of sp³-hybridized carbons (Fsp3) is 0.269. The molecule has 0 radical (unpaired) electrons. The first-order valence-corrected chi connectivity index (χ1v) is 12.9. The van der Waals surface area contributed by atoms with Crippen molar-refractivity contribution >= 4 is 21.7 Å². The highest BCUT2D eigenvalue weighted by molar-refractivity contribution is 7.92. The average Bonchev–Trinajstić information content (AvgIpc) is 3.64. The van der Waals surface area contributed by atoms with E-state index >= 15 is 0 Å². The third kappa shape index (κ3) is 4.95. The molecule has 3 aromatic rings. The zero-order valence-electron chi connectivity index (χ0n) is 19.5.